The van der Waals surface area contributed by atoms with Crippen LogP contribution in [0, 0.1) is 0 Å². The molecule has 0 aliphatic rings. The van der Waals surface area contributed by atoms with Gasteiger partial charge in [0.25, 0.3) is 0 Å². The minimum absolute atomic E-state index is 0.245. The van der Waals surface area contributed by atoms with Crippen LogP contribution in [0.15, 0.2) is 23.5 Å². The predicted molar refractivity (Wildman–Crippen MR) is 45.5 cm³/mol. The van der Waals surface area contributed by atoms with Gasteiger partial charge in [0.2, 0.25) is 0 Å². The lowest BCUT2D eigenvalue weighted by Crippen LogP contribution is -1.97. The lowest BCUT2D eigenvalue weighted by Gasteiger charge is -2.04. The first-order chi connectivity index (χ1) is 5.65. The fourth-order valence-corrected chi connectivity index (χ4v) is 0.829. The molecule has 0 saturated carbocycles. The van der Waals surface area contributed by atoms with Crippen molar-refractivity contribution in [2.45, 2.75) is 20.0 Å². The van der Waals surface area contributed by atoms with Gasteiger partial charge in [-0.15, -0.1) is 0 Å². The summed E-state index contributed by atoms with van der Waals surface area (Å²) in [4.78, 5) is 10.4. The van der Waals surface area contributed by atoms with E-state index in [1.54, 1.807) is 13.0 Å². The molecule has 0 spiro atoms. The molecule has 0 aliphatic heterocycles. The van der Waals surface area contributed by atoms with Crippen molar-refractivity contribution in [3.8, 4) is 0 Å². The SMILES string of the molecule is C/C=C(OC)\C(C=O)=C/C(C)F. The van der Waals surface area contributed by atoms with Crippen LogP contribution in [0.3, 0.4) is 0 Å². The maximum Gasteiger partial charge on any atom is 0.153 e. The Hall–Kier alpha value is -1.12. The highest BCUT2D eigenvalue weighted by Crippen LogP contribution is 2.09. The highest BCUT2D eigenvalue weighted by Gasteiger charge is 2.04. The van der Waals surface area contributed by atoms with E-state index in [2.05, 4.69) is 0 Å². The molecule has 0 bridgehead atoms. The number of hydrogen-bond donors (Lipinski definition) is 0. The summed E-state index contributed by atoms with van der Waals surface area (Å²) in [5, 5.41) is 0. The van der Waals surface area contributed by atoms with E-state index in [4.69, 9.17) is 4.74 Å². The number of methoxy groups -OCH3 is 1. The van der Waals surface area contributed by atoms with Gasteiger partial charge >= 0.3 is 0 Å². The van der Waals surface area contributed by atoms with Crippen LogP contribution >= 0.6 is 0 Å². The Balaban J connectivity index is 4.65. The molecule has 3 heteroatoms. The first-order valence-electron chi connectivity index (χ1n) is 3.67. The van der Waals surface area contributed by atoms with Gasteiger partial charge in [-0.2, -0.15) is 0 Å². The van der Waals surface area contributed by atoms with Gasteiger partial charge in [0.1, 0.15) is 11.9 Å². The van der Waals surface area contributed by atoms with E-state index in [0.29, 0.717) is 12.0 Å². The maximum atomic E-state index is 12.5. The van der Waals surface area contributed by atoms with Gasteiger partial charge in [0.05, 0.1) is 12.7 Å². The molecule has 0 aromatic rings. The number of aldehydes is 1. The molecule has 2 nitrogen and oxygen atoms in total. The topological polar surface area (TPSA) is 26.3 Å². The Labute approximate surface area is 71.7 Å². The smallest absolute Gasteiger partial charge is 0.153 e. The second-order valence-electron chi connectivity index (χ2n) is 2.27. The van der Waals surface area contributed by atoms with Crippen LogP contribution in [-0.2, 0) is 9.53 Å². The number of carbonyl (C=O) groups is 1. The van der Waals surface area contributed by atoms with Gasteiger partial charge in [-0.1, -0.05) is 0 Å². The molecule has 0 N–H and O–H groups in total. The molecule has 0 heterocycles. The molecule has 68 valence electrons. The largest absolute Gasteiger partial charge is 0.496 e. The van der Waals surface area contributed by atoms with Gasteiger partial charge in [-0.3, -0.25) is 4.79 Å². The fourth-order valence-electron chi connectivity index (χ4n) is 0.829. The second kappa shape index (κ2) is 5.52. The third-order valence-electron chi connectivity index (χ3n) is 1.30. The Morgan fingerprint density at radius 2 is 2.17 bits per heavy atom. The number of carbonyl (C=O) groups excluding carboxylic acids is 1. The normalized spacial score (nSPS) is 15.7. The van der Waals surface area contributed by atoms with Crippen molar-refractivity contribution in [1.29, 1.82) is 0 Å². The molecular weight excluding hydrogens is 159 g/mol. The number of allylic oxidation sites excluding steroid dienone is 3. The minimum atomic E-state index is -1.14. The van der Waals surface area contributed by atoms with Gasteiger partial charge in [-0.25, -0.2) is 4.39 Å². The van der Waals surface area contributed by atoms with Gasteiger partial charge < -0.3 is 4.74 Å². The lowest BCUT2D eigenvalue weighted by molar-refractivity contribution is -0.105. The number of rotatable bonds is 4. The number of halogens is 1. The summed E-state index contributed by atoms with van der Waals surface area (Å²) >= 11 is 0. The van der Waals surface area contributed by atoms with Crippen LogP contribution in [0.4, 0.5) is 4.39 Å². The quantitative estimate of drug-likeness (QED) is 0.280. The van der Waals surface area contributed by atoms with Gasteiger partial charge in [-0.05, 0) is 26.0 Å². The molecule has 0 aromatic heterocycles. The van der Waals surface area contributed by atoms with Crippen molar-refractivity contribution in [1.82, 2.24) is 0 Å². The van der Waals surface area contributed by atoms with Crippen LogP contribution in [0.25, 0.3) is 0 Å². The molecular formula is C9H13FO2. The van der Waals surface area contributed by atoms with E-state index in [9.17, 15) is 9.18 Å². The van der Waals surface area contributed by atoms with E-state index < -0.39 is 6.17 Å². The highest BCUT2D eigenvalue weighted by atomic mass is 19.1. The maximum absolute atomic E-state index is 12.5. The first-order valence-corrected chi connectivity index (χ1v) is 3.67. The van der Waals surface area contributed by atoms with Crippen LogP contribution in [0.5, 0.6) is 0 Å². The number of alkyl halides is 1. The van der Waals surface area contributed by atoms with E-state index in [1.807, 2.05) is 0 Å². The third-order valence-corrected chi connectivity index (χ3v) is 1.30. The van der Waals surface area contributed by atoms with Gasteiger partial charge in [0.15, 0.2) is 6.29 Å². The highest BCUT2D eigenvalue weighted by molar-refractivity contribution is 5.79. The van der Waals surface area contributed by atoms with Crippen molar-refractivity contribution >= 4 is 6.29 Å². The molecule has 1 unspecified atom stereocenters. The van der Waals surface area contributed by atoms with Crippen molar-refractivity contribution in [3.05, 3.63) is 23.5 Å². The van der Waals surface area contributed by atoms with Crippen molar-refractivity contribution in [2.75, 3.05) is 7.11 Å². The molecule has 0 radical (unpaired) electrons. The molecule has 0 aromatic carbocycles. The Morgan fingerprint density at radius 1 is 1.58 bits per heavy atom. The van der Waals surface area contributed by atoms with E-state index >= 15 is 0 Å². The molecule has 0 aliphatic carbocycles. The second-order valence-corrected chi connectivity index (χ2v) is 2.27. The summed E-state index contributed by atoms with van der Waals surface area (Å²) in [5.41, 5.74) is 0.245. The number of hydrogen-bond acceptors (Lipinski definition) is 2. The minimum Gasteiger partial charge on any atom is -0.496 e. The summed E-state index contributed by atoms with van der Waals surface area (Å²) in [6, 6.07) is 0. The molecule has 0 amide bonds. The summed E-state index contributed by atoms with van der Waals surface area (Å²) < 4.78 is 17.3. The first kappa shape index (κ1) is 10.9. The van der Waals surface area contributed by atoms with Crippen molar-refractivity contribution in [3.63, 3.8) is 0 Å². The lowest BCUT2D eigenvalue weighted by atomic mass is 10.2. The van der Waals surface area contributed by atoms with Crippen LogP contribution < -0.4 is 0 Å². The van der Waals surface area contributed by atoms with E-state index in [0.717, 1.165) is 0 Å². The average molecular weight is 172 g/mol. The Kier molecular flexibility index (Phi) is 5.00. The van der Waals surface area contributed by atoms with Crippen LogP contribution in [-0.4, -0.2) is 19.6 Å². The van der Waals surface area contributed by atoms with Crippen LogP contribution in [0.2, 0.25) is 0 Å². The zero-order valence-electron chi connectivity index (χ0n) is 7.50. The molecule has 0 fully saturated rings. The summed E-state index contributed by atoms with van der Waals surface area (Å²) in [5.74, 6) is 0.398. The standard InChI is InChI=1S/C9H13FO2/c1-4-9(12-3)8(6-11)5-7(2)10/h4-7H,1-3H3/b8-5-,9-4+. The fraction of sp³-hybridized carbons (Fsp3) is 0.444. The van der Waals surface area contributed by atoms with Crippen molar-refractivity contribution < 1.29 is 13.9 Å². The average Bonchev–Trinajstić information content (AvgIpc) is 2.04. The zero-order valence-corrected chi connectivity index (χ0v) is 7.50. The van der Waals surface area contributed by atoms with E-state index in [-0.39, 0.29) is 5.57 Å². The number of ether oxygens (including phenoxy) is 1. The molecule has 1 atom stereocenters. The Bertz CT molecular complexity index is 205. The summed E-state index contributed by atoms with van der Waals surface area (Å²) in [6.07, 6.45) is 2.26. The van der Waals surface area contributed by atoms with E-state index in [1.165, 1.54) is 20.1 Å². The zero-order chi connectivity index (χ0) is 9.56. The third kappa shape index (κ3) is 3.32. The van der Waals surface area contributed by atoms with Crippen molar-refractivity contribution in [2.24, 2.45) is 0 Å². The van der Waals surface area contributed by atoms with Gasteiger partial charge in [0, 0.05) is 0 Å². The summed E-state index contributed by atoms with van der Waals surface area (Å²) in [6.45, 7) is 3.07. The van der Waals surface area contributed by atoms with Crippen LogP contribution in [0.1, 0.15) is 13.8 Å². The molecule has 0 rings (SSSR count). The predicted octanol–water partition coefficient (Wildman–Crippen LogP) is 2.02. The summed E-state index contributed by atoms with van der Waals surface area (Å²) in [7, 11) is 1.44. The molecule has 0 saturated heterocycles. The monoisotopic (exact) mass is 172 g/mol. The molecule has 12 heavy (non-hydrogen) atoms. The Morgan fingerprint density at radius 3 is 2.42 bits per heavy atom.